The SMILES string of the molecule is NC(=O)c1ccc(C(=O)O)cc1C(F)(F)F. The predicted octanol–water partition coefficient (Wildman–Crippen LogP) is 1.50. The van der Waals surface area contributed by atoms with Gasteiger partial charge in [0.2, 0.25) is 5.91 Å². The number of carbonyl (C=O) groups is 2. The third-order valence-electron chi connectivity index (χ3n) is 1.84. The second-order valence-electron chi connectivity index (χ2n) is 2.93. The van der Waals surface area contributed by atoms with Crippen molar-refractivity contribution in [3.8, 4) is 0 Å². The van der Waals surface area contributed by atoms with Gasteiger partial charge in [0.05, 0.1) is 16.7 Å². The minimum absolute atomic E-state index is 0.377. The maximum Gasteiger partial charge on any atom is 0.417 e. The van der Waals surface area contributed by atoms with Crippen LogP contribution in [0.15, 0.2) is 18.2 Å². The molecular weight excluding hydrogens is 227 g/mol. The Balaban J connectivity index is 3.45. The molecule has 0 bridgehead atoms. The van der Waals surface area contributed by atoms with Crippen LogP contribution < -0.4 is 5.73 Å². The lowest BCUT2D eigenvalue weighted by molar-refractivity contribution is -0.137. The maximum atomic E-state index is 12.5. The van der Waals surface area contributed by atoms with Gasteiger partial charge in [-0.25, -0.2) is 4.79 Å². The number of benzene rings is 1. The summed E-state index contributed by atoms with van der Waals surface area (Å²) in [6, 6.07) is 2.01. The van der Waals surface area contributed by atoms with E-state index in [2.05, 4.69) is 0 Å². The van der Waals surface area contributed by atoms with Gasteiger partial charge in [0.15, 0.2) is 0 Å². The number of hydrogen-bond acceptors (Lipinski definition) is 2. The molecule has 0 aromatic heterocycles. The van der Waals surface area contributed by atoms with Crippen molar-refractivity contribution in [2.24, 2.45) is 5.73 Å². The number of hydrogen-bond donors (Lipinski definition) is 2. The molecule has 3 N–H and O–H groups in total. The molecule has 1 aromatic rings. The van der Waals surface area contributed by atoms with E-state index in [0.29, 0.717) is 6.07 Å². The van der Waals surface area contributed by atoms with Gasteiger partial charge in [-0.15, -0.1) is 0 Å². The van der Waals surface area contributed by atoms with Crippen molar-refractivity contribution in [3.05, 3.63) is 34.9 Å². The molecule has 4 nitrogen and oxygen atoms in total. The van der Waals surface area contributed by atoms with Gasteiger partial charge in [0.1, 0.15) is 0 Å². The van der Waals surface area contributed by atoms with Gasteiger partial charge in [-0.1, -0.05) is 0 Å². The van der Waals surface area contributed by atoms with Gasteiger partial charge in [0, 0.05) is 0 Å². The summed E-state index contributed by atoms with van der Waals surface area (Å²) in [4.78, 5) is 21.2. The zero-order valence-corrected chi connectivity index (χ0v) is 7.71. The van der Waals surface area contributed by atoms with E-state index < -0.39 is 34.7 Å². The van der Waals surface area contributed by atoms with Crippen molar-refractivity contribution in [2.45, 2.75) is 6.18 Å². The van der Waals surface area contributed by atoms with E-state index in [-0.39, 0.29) is 0 Å². The average Bonchev–Trinajstić information content (AvgIpc) is 2.15. The maximum absolute atomic E-state index is 12.5. The van der Waals surface area contributed by atoms with Crippen molar-refractivity contribution >= 4 is 11.9 Å². The van der Waals surface area contributed by atoms with E-state index >= 15 is 0 Å². The van der Waals surface area contributed by atoms with Crippen LogP contribution in [0.5, 0.6) is 0 Å². The van der Waals surface area contributed by atoms with Gasteiger partial charge in [-0.05, 0) is 18.2 Å². The molecule has 16 heavy (non-hydrogen) atoms. The molecule has 0 aliphatic carbocycles. The molecule has 1 aromatic carbocycles. The molecule has 0 saturated heterocycles. The number of alkyl halides is 3. The molecule has 0 aliphatic heterocycles. The van der Waals surface area contributed by atoms with E-state index in [0.717, 1.165) is 12.1 Å². The minimum atomic E-state index is -4.82. The second-order valence-corrected chi connectivity index (χ2v) is 2.93. The zero-order valence-electron chi connectivity index (χ0n) is 7.71. The average molecular weight is 233 g/mol. The molecule has 1 rings (SSSR count). The number of nitrogens with two attached hydrogens (primary N) is 1. The first-order valence-electron chi connectivity index (χ1n) is 3.98. The normalized spacial score (nSPS) is 11.2. The number of rotatable bonds is 2. The summed E-state index contributed by atoms with van der Waals surface area (Å²) < 4.78 is 37.4. The fourth-order valence-electron chi connectivity index (χ4n) is 1.13. The van der Waals surface area contributed by atoms with E-state index in [1.807, 2.05) is 0 Å². The summed E-state index contributed by atoms with van der Waals surface area (Å²) >= 11 is 0. The lowest BCUT2D eigenvalue weighted by atomic mass is 10.0. The highest BCUT2D eigenvalue weighted by Gasteiger charge is 2.35. The largest absolute Gasteiger partial charge is 0.478 e. The van der Waals surface area contributed by atoms with Gasteiger partial charge in [-0.3, -0.25) is 4.79 Å². The van der Waals surface area contributed by atoms with Crippen LogP contribution in [0.3, 0.4) is 0 Å². The fraction of sp³-hybridized carbons (Fsp3) is 0.111. The number of primary amides is 1. The topological polar surface area (TPSA) is 80.4 Å². The first-order valence-corrected chi connectivity index (χ1v) is 3.98. The van der Waals surface area contributed by atoms with Crippen LogP contribution in [-0.2, 0) is 6.18 Å². The third-order valence-corrected chi connectivity index (χ3v) is 1.84. The lowest BCUT2D eigenvalue weighted by Gasteiger charge is -2.11. The predicted molar refractivity (Wildman–Crippen MR) is 46.9 cm³/mol. The molecule has 7 heteroatoms. The van der Waals surface area contributed by atoms with Crippen molar-refractivity contribution in [3.63, 3.8) is 0 Å². The van der Waals surface area contributed by atoms with Gasteiger partial charge in [0.25, 0.3) is 0 Å². The molecule has 0 unspecified atom stereocenters. The highest BCUT2D eigenvalue weighted by molar-refractivity contribution is 5.96. The number of halogens is 3. The Labute approximate surface area is 87.5 Å². The van der Waals surface area contributed by atoms with Crippen LogP contribution in [-0.4, -0.2) is 17.0 Å². The highest BCUT2D eigenvalue weighted by Crippen LogP contribution is 2.32. The lowest BCUT2D eigenvalue weighted by Crippen LogP contribution is -2.19. The third kappa shape index (κ3) is 2.30. The molecule has 86 valence electrons. The van der Waals surface area contributed by atoms with Crippen LogP contribution in [0.25, 0.3) is 0 Å². The smallest absolute Gasteiger partial charge is 0.417 e. The van der Waals surface area contributed by atoms with Crippen LogP contribution >= 0.6 is 0 Å². The molecule has 0 radical (unpaired) electrons. The summed E-state index contributed by atoms with van der Waals surface area (Å²) in [6.07, 6.45) is -4.82. The zero-order chi connectivity index (χ0) is 12.5. The minimum Gasteiger partial charge on any atom is -0.478 e. The molecular formula is C9H6F3NO3. The van der Waals surface area contributed by atoms with Crippen LogP contribution in [0.2, 0.25) is 0 Å². The van der Waals surface area contributed by atoms with Crippen molar-refractivity contribution in [2.75, 3.05) is 0 Å². The van der Waals surface area contributed by atoms with Crippen molar-refractivity contribution in [1.82, 2.24) is 0 Å². The standard InChI is InChI=1S/C9H6F3NO3/c10-9(11,12)6-3-4(8(15)16)1-2-5(6)7(13)14/h1-3H,(H2,13,14)(H,15,16). The van der Waals surface area contributed by atoms with Crippen molar-refractivity contribution in [1.29, 1.82) is 0 Å². The molecule has 0 atom stereocenters. The van der Waals surface area contributed by atoms with Crippen LogP contribution in [0.4, 0.5) is 13.2 Å². The van der Waals surface area contributed by atoms with Gasteiger partial charge in [-0.2, -0.15) is 13.2 Å². The Morgan fingerprint density at radius 3 is 2.19 bits per heavy atom. The number of carboxylic acid groups (broad SMARTS) is 1. The Morgan fingerprint density at radius 2 is 1.81 bits per heavy atom. The Kier molecular flexibility index (Phi) is 2.88. The van der Waals surface area contributed by atoms with Crippen LogP contribution in [0.1, 0.15) is 26.3 Å². The summed E-state index contributed by atoms with van der Waals surface area (Å²) in [6.45, 7) is 0. The molecule has 1 amide bonds. The summed E-state index contributed by atoms with van der Waals surface area (Å²) in [7, 11) is 0. The molecule has 0 saturated carbocycles. The Morgan fingerprint density at radius 1 is 1.25 bits per heavy atom. The van der Waals surface area contributed by atoms with Crippen molar-refractivity contribution < 1.29 is 27.9 Å². The van der Waals surface area contributed by atoms with Gasteiger partial charge < -0.3 is 10.8 Å². The van der Waals surface area contributed by atoms with E-state index in [4.69, 9.17) is 10.8 Å². The number of amides is 1. The summed E-state index contributed by atoms with van der Waals surface area (Å²) in [5.74, 6) is -2.77. The Bertz CT molecular complexity index is 454. The van der Waals surface area contributed by atoms with E-state index in [1.165, 1.54) is 0 Å². The first-order chi connectivity index (χ1) is 7.23. The number of aromatic carboxylic acids is 1. The Hall–Kier alpha value is -2.05. The van der Waals surface area contributed by atoms with Gasteiger partial charge >= 0.3 is 12.1 Å². The molecule has 0 fully saturated rings. The van der Waals surface area contributed by atoms with Crippen LogP contribution in [0, 0.1) is 0 Å². The fourth-order valence-corrected chi connectivity index (χ4v) is 1.13. The quantitative estimate of drug-likeness (QED) is 0.812. The van der Waals surface area contributed by atoms with E-state index in [1.54, 1.807) is 0 Å². The molecule has 0 heterocycles. The first kappa shape index (κ1) is 12.0. The molecule has 0 spiro atoms. The monoisotopic (exact) mass is 233 g/mol. The highest BCUT2D eigenvalue weighted by atomic mass is 19.4. The van der Waals surface area contributed by atoms with E-state index in [9.17, 15) is 22.8 Å². The summed E-state index contributed by atoms with van der Waals surface area (Å²) in [5, 5.41) is 8.52. The second kappa shape index (κ2) is 3.84. The molecule has 0 aliphatic rings. The number of carboxylic acids is 1. The number of carbonyl (C=O) groups excluding carboxylic acids is 1. The summed E-state index contributed by atoms with van der Waals surface area (Å²) in [5.41, 5.74) is 2.09.